The van der Waals surface area contributed by atoms with Crippen LogP contribution in [-0.4, -0.2) is 41.6 Å². The van der Waals surface area contributed by atoms with Crippen molar-refractivity contribution in [1.82, 2.24) is 4.98 Å². The van der Waals surface area contributed by atoms with E-state index < -0.39 is 17.7 Å². The number of carbonyl (C=O) groups excluding carboxylic acids is 2. The zero-order chi connectivity index (χ0) is 30.4. The highest BCUT2D eigenvalue weighted by atomic mass is 32.1. The second kappa shape index (κ2) is 11.4. The normalized spacial score (nSPS) is 19.3. The van der Waals surface area contributed by atoms with E-state index in [9.17, 15) is 14.7 Å². The first-order chi connectivity index (χ1) is 20.6. The maximum atomic E-state index is 13.8. The van der Waals surface area contributed by atoms with E-state index >= 15 is 0 Å². The Morgan fingerprint density at radius 1 is 1.12 bits per heavy atom. The molecule has 0 saturated carbocycles. The highest BCUT2D eigenvalue weighted by Gasteiger charge is 2.48. The minimum atomic E-state index is -0.941. The number of benzene rings is 3. The van der Waals surface area contributed by atoms with Gasteiger partial charge < -0.3 is 19.3 Å². The number of aromatic nitrogens is 1. The van der Waals surface area contributed by atoms with Gasteiger partial charge in [-0.05, 0) is 85.3 Å². The van der Waals surface area contributed by atoms with Crippen LogP contribution < -0.4 is 19.1 Å². The molecule has 3 heterocycles. The lowest BCUT2D eigenvalue weighted by atomic mass is 9.94. The van der Waals surface area contributed by atoms with Gasteiger partial charge in [0.1, 0.15) is 17.6 Å². The number of thiazole rings is 1. The van der Waals surface area contributed by atoms with Gasteiger partial charge in [-0.25, -0.2) is 4.98 Å². The zero-order valence-corrected chi connectivity index (χ0v) is 25.7. The third-order valence-corrected chi connectivity index (χ3v) is 8.83. The van der Waals surface area contributed by atoms with Crippen molar-refractivity contribution in [2.75, 3.05) is 18.6 Å². The van der Waals surface area contributed by atoms with Gasteiger partial charge in [0.05, 0.1) is 35.5 Å². The van der Waals surface area contributed by atoms with E-state index in [1.54, 1.807) is 37.4 Å². The molecule has 2 unspecified atom stereocenters. The number of methoxy groups -OCH3 is 1. The molecule has 0 bridgehead atoms. The second-order valence-corrected chi connectivity index (χ2v) is 12.5. The number of aliphatic hydroxyl groups is 1. The van der Waals surface area contributed by atoms with Gasteiger partial charge in [-0.1, -0.05) is 37.3 Å². The molecule has 1 N–H and O–H groups in total. The van der Waals surface area contributed by atoms with Crippen molar-refractivity contribution in [3.8, 4) is 17.2 Å². The molecule has 3 aromatic carbocycles. The van der Waals surface area contributed by atoms with Crippen LogP contribution in [0.5, 0.6) is 17.2 Å². The Hall–Kier alpha value is -4.37. The van der Waals surface area contributed by atoms with Crippen molar-refractivity contribution in [3.05, 3.63) is 82.4 Å². The van der Waals surface area contributed by atoms with Crippen molar-refractivity contribution in [2.45, 2.75) is 52.7 Å². The van der Waals surface area contributed by atoms with Crippen molar-refractivity contribution in [1.29, 1.82) is 0 Å². The van der Waals surface area contributed by atoms with E-state index in [1.807, 2.05) is 38.1 Å². The summed E-state index contributed by atoms with van der Waals surface area (Å²) in [6.07, 6.45) is 1.59. The van der Waals surface area contributed by atoms with Gasteiger partial charge in [0, 0.05) is 12.0 Å². The van der Waals surface area contributed by atoms with Gasteiger partial charge in [-0.3, -0.25) is 14.5 Å². The first-order valence-corrected chi connectivity index (χ1v) is 15.2. The summed E-state index contributed by atoms with van der Waals surface area (Å²) in [6.45, 7) is 8.76. The molecule has 0 spiro atoms. The molecule has 1 fully saturated rings. The summed E-state index contributed by atoms with van der Waals surface area (Å²) in [7, 11) is 1.55. The highest BCUT2D eigenvalue weighted by Crippen LogP contribution is 2.46. The number of nitrogens with zero attached hydrogens (tertiary/aromatic N) is 2. The first-order valence-electron chi connectivity index (χ1n) is 14.4. The molecule has 6 rings (SSSR count). The average molecular weight is 599 g/mol. The largest absolute Gasteiger partial charge is 0.507 e. The number of fused-ring (bicyclic) bond motifs is 2. The number of rotatable bonds is 8. The number of aryl methyl sites for hydroxylation is 1. The van der Waals surface area contributed by atoms with Crippen molar-refractivity contribution >= 4 is 44.1 Å². The fraction of sp³-hybridized carbons (Fsp3) is 0.324. The van der Waals surface area contributed by atoms with E-state index in [0.717, 1.165) is 33.5 Å². The third-order valence-electron chi connectivity index (χ3n) is 7.81. The minimum Gasteiger partial charge on any atom is -0.507 e. The molecule has 1 amide bonds. The molecular weight excluding hydrogens is 564 g/mol. The van der Waals surface area contributed by atoms with Gasteiger partial charge >= 0.3 is 5.91 Å². The van der Waals surface area contributed by atoms with E-state index in [0.29, 0.717) is 46.7 Å². The Kier molecular flexibility index (Phi) is 7.60. The van der Waals surface area contributed by atoms with Crippen molar-refractivity contribution in [3.63, 3.8) is 0 Å². The first kappa shape index (κ1) is 28.7. The lowest BCUT2D eigenvalue weighted by Gasteiger charge is -2.24. The molecule has 0 aliphatic carbocycles. The second-order valence-electron chi connectivity index (χ2n) is 11.5. The number of aliphatic hydroxyl groups excluding tert-OH is 1. The Morgan fingerprint density at radius 2 is 1.93 bits per heavy atom. The molecule has 222 valence electrons. The molecule has 8 nitrogen and oxygen atoms in total. The van der Waals surface area contributed by atoms with E-state index in [4.69, 9.17) is 19.2 Å². The van der Waals surface area contributed by atoms with Crippen LogP contribution in [0, 0.1) is 12.8 Å². The number of ether oxygens (including phenoxy) is 3. The molecule has 9 heteroatoms. The number of Topliss-reactive ketones (excluding diaryl/α,β-unsaturated/α-hetero) is 1. The summed E-state index contributed by atoms with van der Waals surface area (Å²) in [5.41, 5.74) is 3.75. The molecule has 43 heavy (non-hydrogen) atoms. The van der Waals surface area contributed by atoms with Crippen LogP contribution in [0.25, 0.3) is 16.0 Å². The number of carbonyl (C=O) groups is 2. The highest BCUT2D eigenvalue weighted by molar-refractivity contribution is 7.22. The van der Waals surface area contributed by atoms with Crippen LogP contribution in [0.1, 0.15) is 55.5 Å². The summed E-state index contributed by atoms with van der Waals surface area (Å²) in [4.78, 5) is 33.6. The maximum absolute atomic E-state index is 13.8. The average Bonchev–Trinajstić information content (AvgIpc) is 3.64. The Labute approximate surface area is 254 Å². The molecule has 2 aliphatic rings. The van der Waals surface area contributed by atoms with Crippen LogP contribution in [0.2, 0.25) is 0 Å². The van der Waals surface area contributed by atoms with Gasteiger partial charge in [0.15, 0.2) is 16.6 Å². The van der Waals surface area contributed by atoms with Crippen LogP contribution >= 0.6 is 11.3 Å². The lowest BCUT2D eigenvalue weighted by molar-refractivity contribution is -0.132. The number of ketones is 1. The van der Waals surface area contributed by atoms with E-state index in [1.165, 1.54) is 16.2 Å². The smallest absolute Gasteiger partial charge is 0.301 e. The SMILES string of the molecule is COc1cc(C2/C(=C(/O)c3ccc4c(c3)CC(C)O4)C(=O)C(=O)N2c2nc3ccc(C)cc3s2)ccc1OCCC(C)C. The zero-order valence-electron chi connectivity index (χ0n) is 24.8. The molecule has 0 radical (unpaired) electrons. The third kappa shape index (κ3) is 5.33. The quantitative estimate of drug-likeness (QED) is 0.133. The Morgan fingerprint density at radius 3 is 2.70 bits per heavy atom. The summed E-state index contributed by atoms with van der Waals surface area (Å²) in [6, 6.07) is 15.6. The van der Waals surface area contributed by atoms with Gasteiger partial charge in [-0.2, -0.15) is 0 Å². The number of hydrogen-bond donors (Lipinski definition) is 1. The van der Waals surface area contributed by atoms with Gasteiger partial charge in [0.25, 0.3) is 5.78 Å². The monoisotopic (exact) mass is 598 g/mol. The number of amides is 1. The molecule has 1 saturated heterocycles. The summed E-state index contributed by atoms with van der Waals surface area (Å²) in [5.74, 6) is 0.486. The van der Waals surface area contributed by atoms with Crippen molar-refractivity contribution in [2.24, 2.45) is 5.92 Å². The van der Waals surface area contributed by atoms with E-state index in [2.05, 4.69) is 13.8 Å². The Balaban J connectivity index is 1.49. The van der Waals surface area contributed by atoms with Crippen LogP contribution in [0.15, 0.2) is 60.2 Å². The summed E-state index contributed by atoms with van der Waals surface area (Å²) < 4.78 is 18.4. The summed E-state index contributed by atoms with van der Waals surface area (Å²) in [5, 5.41) is 12.1. The standard InChI is InChI=1S/C34H34N2O6S/c1-18(2)12-13-41-26-11-7-21(17-27(26)40-5)30-29(31(37)22-8-10-25-23(16-22)15-20(4)42-25)32(38)33(39)36(30)34-35-24-9-6-19(3)14-28(24)43-34/h6-11,14,16-18,20,30,37H,12-13,15H2,1-5H3/b31-29-. The predicted molar refractivity (Wildman–Crippen MR) is 167 cm³/mol. The van der Waals surface area contributed by atoms with Crippen molar-refractivity contribution < 1.29 is 28.9 Å². The lowest BCUT2D eigenvalue weighted by Crippen LogP contribution is -2.29. The predicted octanol–water partition coefficient (Wildman–Crippen LogP) is 6.99. The van der Waals surface area contributed by atoms with Gasteiger partial charge in [-0.15, -0.1) is 0 Å². The maximum Gasteiger partial charge on any atom is 0.301 e. The van der Waals surface area contributed by atoms with Crippen LogP contribution in [-0.2, 0) is 16.0 Å². The Bertz CT molecular complexity index is 1770. The molecule has 1 aromatic heterocycles. The molecule has 2 aliphatic heterocycles. The molecule has 2 atom stereocenters. The van der Waals surface area contributed by atoms with Crippen LogP contribution in [0.3, 0.4) is 0 Å². The van der Waals surface area contributed by atoms with Gasteiger partial charge in [0.2, 0.25) is 0 Å². The summed E-state index contributed by atoms with van der Waals surface area (Å²) >= 11 is 1.33. The molecular formula is C34H34N2O6S. The fourth-order valence-electron chi connectivity index (χ4n) is 5.57. The van der Waals surface area contributed by atoms with Crippen LogP contribution in [0.4, 0.5) is 5.13 Å². The molecule has 4 aromatic rings. The number of hydrogen-bond acceptors (Lipinski definition) is 8. The fourth-order valence-corrected chi connectivity index (χ4v) is 6.66. The number of anilines is 1. The topological polar surface area (TPSA) is 98.2 Å². The van der Waals surface area contributed by atoms with E-state index in [-0.39, 0.29) is 17.4 Å². The minimum absolute atomic E-state index is 0.0112.